The predicted octanol–water partition coefficient (Wildman–Crippen LogP) is 1.15. The van der Waals surface area contributed by atoms with E-state index in [9.17, 15) is 18.3 Å². The van der Waals surface area contributed by atoms with E-state index in [1.165, 1.54) is 8.61 Å². The molecule has 0 aromatic rings. The third-order valence-corrected chi connectivity index (χ3v) is 6.51. The van der Waals surface area contributed by atoms with Gasteiger partial charge in [-0.2, -0.15) is 17.0 Å². The lowest BCUT2D eigenvalue weighted by atomic mass is 9.94. The topological polar surface area (TPSA) is 77.9 Å². The van der Waals surface area contributed by atoms with E-state index in [4.69, 9.17) is 0 Å². The Morgan fingerprint density at radius 1 is 1.05 bits per heavy atom. The first-order valence-corrected chi connectivity index (χ1v) is 8.71. The maximum absolute atomic E-state index is 12.7. The van der Waals surface area contributed by atoms with Crippen LogP contribution in [-0.2, 0) is 15.0 Å². The molecule has 2 atom stereocenters. The van der Waals surface area contributed by atoms with Crippen LogP contribution in [0.25, 0.3) is 0 Å². The van der Waals surface area contributed by atoms with E-state index < -0.39 is 22.2 Å². The van der Waals surface area contributed by atoms with Crippen molar-refractivity contribution < 1.29 is 18.3 Å². The minimum absolute atomic E-state index is 0.254. The van der Waals surface area contributed by atoms with Gasteiger partial charge in [0.15, 0.2) is 0 Å². The maximum atomic E-state index is 12.7. The molecule has 20 heavy (non-hydrogen) atoms. The highest BCUT2D eigenvalue weighted by atomic mass is 32.2. The van der Waals surface area contributed by atoms with E-state index in [-0.39, 0.29) is 5.92 Å². The first-order chi connectivity index (χ1) is 9.32. The summed E-state index contributed by atoms with van der Waals surface area (Å²) in [4.78, 5) is 11.4. The lowest BCUT2D eigenvalue weighted by molar-refractivity contribution is -0.143. The van der Waals surface area contributed by atoms with Crippen LogP contribution in [0.2, 0.25) is 0 Å². The van der Waals surface area contributed by atoms with E-state index >= 15 is 0 Å². The van der Waals surface area contributed by atoms with Gasteiger partial charge in [0.1, 0.15) is 6.04 Å². The van der Waals surface area contributed by atoms with Crippen molar-refractivity contribution in [2.45, 2.75) is 45.6 Å². The van der Waals surface area contributed by atoms with Crippen LogP contribution in [0.5, 0.6) is 0 Å². The van der Waals surface area contributed by atoms with Crippen LogP contribution < -0.4 is 0 Å². The summed E-state index contributed by atoms with van der Waals surface area (Å²) in [7, 11) is -3.64. The standard InChI is InChI=1S/C13H24N2O4S/c1-10-3-6-14(7-4-10)20(18,19)15-8-5-11(2)9-12(15)13(16)17/h10-12H,3-9H2,1-2H3,(H,16,17). The van der Waals surface area contributed by atoms with Crippen LogP contribution in [0.4, 0.5) is 0 Å². The zero-order valence-electron chi connectivity index (χ0n) is 12.2. The van der Waals surface area contributed by atoms with Gasteiger partial charge in [-0.05, 0) is 37.5 Å². The molecule has 7 heteroatoms. The highest BCUT2D eigenvalue weighted by Gasteiger charge is 2.42. The van der Waals surface area contributed by atoms with Gasteiger partial charge >= 0.3 is 5.97 Å². The number of carboxylic acid groups (broad SMARTS) is 1. The second kappa shape index (κ2) is 5.99. The SMILES string of the molecule is CC1CCN(S(=O)(=O)N2CCC(C)CC2C(=O)O)CC1. The third kappa shape index (κ3) is 3.15. The highest BCUT2D eigenvalue weighted by molar-refractivity contribution is 7.86. The molecule has 116 valence electrons. The molecule has 2 aliphatic rings. The number of carboxylic acids is 1. The molecule has 0 radical (unpaired) electrons. The van der Waals surface area contributed by atoms with E-state index in [1.54, 1.807) is 0 Å². The summed E-state index contributed by atoms with van der Waals surface area (Å²) >= 11 is 0. The van der Waals surface area contributed by atoms with Crippen LogP contribution >= 0.6 is 0 Å². The molecular weight excluding hydrogens is 280 g/mol. The summed E-state index contributed by atoms with van der Waals surface area (Å²) in [6.07, 6.45) is 2.83. The number of hydrogen-bond acceptors (Lipinski definition) is 3. The quantitative estimate of drug-likeness (QED) is 0.848. The smallest absolute Gasteiger partial charge is 0.322 e. The summed E-state index contributed by atoms with van der Waals surface area (Å²) in [6.45, 7) is 5.41. The predicted molar refractivity (Wildman–Crippen MR) is 75.4 cm³/mol. The molecule has 0 bridgehead atoms. The van der Waals surface area contributed by atoms with Crippen molar-refractivity contribution in [3.63, 3.8) is 0 Å². The minimum Gasteiger partial charge on any atom is -0.480 e. The van der Waals surface area contributed by atoms with Gasteiger partial charge in [-0.1, -0.05) is 13.8 Å². The zero-order chi connectivity index (χ0) is 14.9. The van der Waals surface area contributed by atoms with Crippen molar-refractivity contribution in [3.8, 4) is 0 Å². The molecule has 0 aliphatic carbocycles. The molecule has 2 heterocycles. The van der Waals surface area contributed by atoms with Crippen molar-refractivity contribution in [2.75, 3.05) is 19.6 Å². The molecule has 2 aliphatic heterocycles. The van der Waals surface area contributed by atoms with Crippen LogP contribution in [0, 0.1) is 11.8 Å². The number of rotatable bonds is 3. The van der Waals surface area contributed by atoms with Crippen LogP contribution in [0.3, 0.4) is 0 Å². The normalized spacial score (nSPS) is 31.3. The van der Waals surface area contributed by atoms with Gasteiger partial charge in [0.25, 0.3) is 10.2 Å². The van der Waals surface area contributed by atoms with Gasteiger partial charge in [0, 0.05) is 19.6 Å². The fourth-order valence-electron chi connectivity index (χ4n) is 2.98. The molecule has 0 saturated carbocycles. The average Bonchev–Trinajstić information content (AvgIpc) is 2.38. The molecule has 6 nitrogen and oxygen atoms in total. The van der Waals surface area contributed by atoms with Crippen LogP contribution in [0.1, 0.15) is 39.5 Å². The Labute approximate surface area is 120 Å². The Morgan fingerprint density at radius 3 is 2.15 bits per heavy atom. The molecule has 0 amide bonds. The maximum Gasteiger partial charge on any atom is 0.322 e. The second-order valence-corrected chi connectivity index (χ2v) is 8.06. The molecule has 2 rings (SSSR count). The van der Waals surface area contributed by atoms with Crippen molar-refractivity contribution in [1.29, 1.82) is 0 Å². The lowest BCUT2D eigenvalue weighted by Crippen LogP contribution is -2.55. The molecule has 0 aromatic carbocycles. The molecule has 0 aromatic heterocycles. The first-order valence-electron chi connectivity index (χ1n) is 7.32. The highest BCUT2D eigenvalue weighted by Crippen LogP contribution is 2.28. The average molecular weight is 304 g/mol. The second-order valence-electron chi connectivity index (χ2n) is 6.18. The van der Waals surface area contributed by atoms with Crippen LogP contribution in [0.15, 0.2) is 0 Å². The number of hydrogen-bond donors (Lipinski definition) is 1. The molecule has 2 unspecified atom stereocenters. The van der Waals surface area contributed by atoms with E-state index in [0.29, 0.717) is 32.0 Å². The minimum atomic E-state index is -3.64. The van der Waals surface area contributed by atoms with Gasteiger partial charge in [0.2, 0.25) is 0 Å². The third-order valence-electron chi connectivity index (χ3n) is 4.47. The monoisotopic (exact) mass is 304 g/mol. The molecule has 0 spiro atoms. The Bertz CT molecular complexity index is 457. The molecule has 1 N–H and O–H groups in total. The Balaban J connectivity index is 2.16. The largest absolute Gasteiger partial charge is 0.480 e. The van der Waals surface area contributed by atoms with E-state index in [1.807, 2.05) is 6.92 Å². The van der Waals surface area contributed by atoms with Crippen molar-refractivity contribution >= 4 is 16.2 Å². The summed E-state index contributed by atoms with van der Waals surface area (Å²) in [5.74, 6) is -0.243. The summed E-state index contributed by atoms with van der Waals surface area (Å²) < 4.78 is 28.0. The molecular formula is C13H24N2O4S. The number of aliphatic carboxylic acids is 1. The summed E-state index contributed by atoms with van der Waals surface area (Å²) in [5.41, 5.74) is 0. The number of nitrogens with zero attached hydrogens (tertiary/aromatic N) is 2. The van der Waals surface area contributed by atoms with Crippen molar-refractivity contribution in [3.05, 3.63) is 0 Å². The fraction of sp³-hybridized carbons (Fsp3) is 0.923. The number of piperidine rings is 2. The molecule has 2 saturated heterocycles. The Morgan fingerprint density at radius 2 is 1.60 bits per heavy atom. The Kier molecular flexibility index (Phi) is 4.71. The van der Waals surface area contributed by atoms with E-state index in [0.717, 1.165) is 19.3 Å². The first kappa shape index (κ1) is 15.7. The Hall–Kier alpha value is -0.660. The van der Waals surface area contributed by atoms with Crippen molar-refractivity contribution in [2.24, 2.45) is 11.8 Å². The summed E-state index contributed by atoms with van der Waals surface area (Å²) in [5, 5.41) is 9.31. The van der Waals surface area contributed by atoms with Crippen LogP contribution in [-0.4, -0.2) is 53.8 Å². The van der Waals surface area contributed by atoms with E-state index in [2.05, 4.69) is 6.92 Å². The van der Waals surface area contributed by atoms with Gasteiger partial charge in [-0.25, -0.2) is 0 Å². The van der Waals surface area contributed by atoms with Gasteiger partial charge in [-0.15, -0.1) is 0 Å². The summed E-state index contributed by atoms with van der Waals surface area (Å²) in [6, 6.07) is -0.914. The van der Waals surface area contributed by atoms with Crippen molar-refractivity contribution in [1.82, 2.24) is 8.61 Å². The van der Waals surface area contributed by atoms with Gasteiger partial charge in [-0.3, -0.25) is 4.79 Å². The van der Waals surface area contributed by atoms with Gasteiger partial charge < -0.3 is 5.11 Å². The lowest BCUT2D eigenvalue weighted by Gasteiger charge is -2.39. The van der Waals surface area contributed by atoms with Gasteiger partial charge in [0.05, 0.1) is 0 Å². The zero-order valence-corrected chi connectivity index (χ0v) is 13.0. The fourth-order valence-corrected chi connectivity index (χ4v) is 4.79. The number of carbonyl (C=O) groups is 1. The molecule has 2 fully saturated rings.